The van der Waals surface area contributed by atoms with E-state index >= 15 is 0 Å². The molecule has 0 spiro atoms. The Balaban J connectivity index is 2.43. The number of benzene rings is 2. The minimum absolute atomic E-state index is 0.0464. The lowest BCUT2D eigenvalue weighted by molar-refractivity contribution is -0.385. The molecule has 0 aliphatic carbocycles. The fourth-order valence-electron chi connectivity index (χ4n) is 1.57. The number of halogens is 4. The summed E-state index contributed by atoms with van der Waals surface area (Å²) >= 11 is 23.4. The molecular weight excluding hydrogens is 360 g/mol. The van der Waals surface area contributed by atoms with E-state index in [2.05, 4.69) is 0 Å². The van der Waals surface area contributed by atoms with Crippen molar-refractivity contribution in [3.8, 4) is 11.5 Å². The van der Waals surface area contributed by atoms with E-state index in [-0.39, 0.29) is 32.3 Å². The van der Waals surface area contributed by atoms with E-state index in [0.29, 0.717) is 5.88 Å². The highest BCUT2D eigenvalue weighted by Crippen LogP contribution is 2.39. The first-order chi connectivity index (χ1) is 9.92. The normalized spacial score (nSPS) is 10.5. The Morgan fingerprint density at radius 3 is 2.24 bits per heavy atom. The molecule has 0 unspecified atom stereocenters. The van der Waals surface area contributed by atoms with Crippen LogP contribution in [0.15, 0.2) is 30.3 Å². The molecule has 0 bridgehead atoms. The van der Waals surface area contributed by atoms with Crippen molar-refractivity contribution in [1.29, 1.82) is 0 Å². The number of nitrogens with zero attached hydrogens (tertiary/aromatic N) is 1. The van der Waals surface area contributed by atoms with E-state index in [0.717, 1.165) is 11.6 Å². The maximum absolute atomic E-state index is 11.0. The van der Waals surface area contributed by atoms with E-state index in [1.165, 1.54) is 6.07 Å². The Morgan fingerprint density at radius 1 is 1.00 bits per heavy atom. The average molecular weight is 367 g/mol. The highest BCUT2D eigenvalue weighted by molar-refractivity contribution is 6.42. The van der Waals surface area contributed by atoms with Crippen LogP contribution < -0.4 is 4.74 Å². The van der Waals surface area contributed by atoms with Crippen molar-refractivity contribution in [3.63, 3.8) is 0 Å². The average Bonchev–Trinajstić information content (AvgIpc) is 2.44. The molecule has 0 N–H and O–H groups in total. The molecule has 0 aliphatic rings. The van der Waals surface area contributed by atoms with Gasteiger partial charge in [-0.3, -0.25) is 10.1 Å². The van der Waals surface area contributed by atoms with Crippen molar-refractivity contribution in [3.05, 3.63) is 61.1 Å². The molecule has 2 rings (SSSR count). The van der Waals surface area contributed by atoms with Crippen LogP contribution >= 0.6 is 46.4 Å². The van der Waals surface area contributed by atoms with Crippen LogP contribution in [-0.2, 0) is 5.88 Å². The molecule has 0 heterocycles. The zero-order valence-electron chi connectivity index (χ0n) is 10.3. The second-order valence-electron chi connectivity index (χ2n) is 3.99. The van der Waals surface area contributed by atoms with Gasteiger partial charge in [0.25, 0.3) is 0 Å². The highest BCUT2D eigenvalue weighted by atomic mass is 35.5. The maximum atomic E-state index is 11.0. The van der Waals surface area contributed by atoms with Crippen LogP contribution in [0.3, 0.4) is 0 Å². The van der Waals surface area contributed by atoms with Crippen molar-refractivity contribution >= 4 is 52.1 Å². The molecule has 21 heavy (non-hydrogen) atoms. The second-order valence-corrected chi connectivity index (χ2v) is 5.48. The molecule has 0 saturated heterocycles. The molecule has 8 heteroatoms. The van der Waals surface area contributed by atoms with E-state index in [9.17, 15) is 10.1 Å². The van der Waals surface area contributed by atoms with E-state index in [4.69, 9.17) is 51.1 Å². The third-order valence-electron chi connectivity index (χ3n) is 2.57. The van der Waals surface area contributed by atoms with Crippen LogP contribution in [0, 0.1) is 10.1 Å². The molecule has 0 fully saturated rings. The Morgan fingerprint density at radius 2 is 1.67 bits per heavy atom. The molecule has 0 amide bonds. The van der Waals surface area contributed by atoms with Gasteiger partial charge < -0.3 is 4.74 Å². The Labute approximate surface area is 140 Å². The van der Waals surface area contributed by atoms with Gasteiger partial charge in [0.05, 0.1) is 20.0 Å². The maximum Gasteiger partial charge on any atom is 0.313 e. The first-order valence-electron chi connectivity index (χ1n) is 5.58. The number of alkyl halides is 1. The molecule has 0 saturated carbocycles. The summed E-state index contributed by atoms with van der Waals surface area (Å²) in [7, 11) is 0. The Kier molecular flexibility index (Phi) is 5.17. The number of nitro groups is 1. The smallest absolute Gasteiger partial charge is 0.313 e. The summed E-state index contributed by atoms with van der Waals surface area (Å²) in [5, 5.41) is 11.5. The molecule has 2 aromatic rings. The number of rotatable bonds is 4. The third-order valence-corrected chi connectivity index (χ3v) is 3.90. The third kappa shape index (κ3) is 3.71. The molecule has 2 aromatic carbocycles. The van der Waals surface area contributed by atoms with Crippen molar-refractivity contribution in [1.82, 2.24) is 0 Å². The lowest BCUT2D eigenvalue weighted by atomic mass is 10.2. The zero-order chi connectivity index (χ0) is 15.6. The zero-order valence-corrected chi connectivity index (χ0v) is 13.3. The van der Waals surface area contributed by atoms with Crippen LogP contribution in [-0.4, -0.2) is 4.92 Å². The van der Waals surface area contributed by atoms with E-state index in [1.807, 2.05) is 0 Å². The van der Waals surface area contributed by atoms with Crippen LogP contribution in [0.4, 0.5) is 5.69 Å². The molecule has 0 atom stereocenters. The van der Waals surface area contributed by atoms with Crippen LogP contribution in [0.25, 0.3) is 0 Å². The predicted molar refractivity (Wildman–Crippen MR) is 84.2 cm³/mol. The van der Waals surface area contributed by atoms with Crippen molar-refractivity contribution in [2.75, 3.05) is 0 Å². The fraction of sp³-hybridized carbons (Fsp3) is 0.0769. The minimum Gasteiger partial charge on any atom is -0.448 e. The topological polar surface area (TPSA) is 52.4 Å². The highest BCUT2D eigenvalue weighted by Gasteiger charge is 2.20. The summed E-state index contributed by atoms with van der Waals surface area (Å²) in [6, 6.07) is 7.30. The summed E-state index contributed by atoms with van der Waals surface area (Å²) in [4.78, 5) is 10.4. The summed E-state index contributed by atoms with van der Waals surface area (Å²) in [5.74, 6) is 0.509. The van der Waals surface area contributed by atoms with Gasteiger partial charge >= 0.3 is 5.69 Å². The number of ether oxygens (including phenoxy) is 1. The molecule has 110 valence electrons. The van der Waals surface area contributed by atoms with E-state index < -0.39 is 4.92 Å². The summed E-state index contributed by atoms with van der Waals surface area (Å²) < 4.78 is 5.48. The van der Waals surface area contributed by atoms with Crippen LogP contribution in [0.5, 0.6) is 11.5 Å². The van der Waals surface area contributed by atoms with Crippen LogP contribution in [0.2, 0.25) is 15.1 Å². The molecule has 0 aromatic heterocycles. The van der Waals surface area contributed by atoms with Gasteiger partial charge in [-0.2, -0.15) is 0 Å². The first kappa shape index (κ1) is 16.2. The van der Waals surface area contributed by atoms with Gasteiger partial charge in [-0.15, -0.1) is 11.6 Å². The van der Waals surface area contributed by atoms with Gasteiger partial charge in [0, 0.05) is 18.0 Å². The van der Waals surface area contributed by atoms with Crippen molar-refractivity contribution in [2.45, 2.75) is 5.88 Å². The van der Waals surface area contributed by atoms with Gasteiger partial charge in [-0.25, -0.2) is 0 Å². The van der Waals surface area contributed by atoms with Gasteiger partial charge in [-0.05, 0) is 17.7 Å². The number of nitro benzene ring substituents is 1. The van der Waals surface area contributed by atoms with Gasteiger partial charge in [0.15, 0.2) is 0 Å². The monoisotopic (exact) mass is 365 g/mol. The standard InChI is InChI=1S/C13H7Cl4NO3/c14-6-7-1-2-12(10(17)3-7)21-13-5-9(16)8(15)4-11(13)18(19)20/h1-5H,6H2. The summed E-state index contributed by atoms with van der Waals surface area (Å²) in [5.41, 5.74) is 0.500. The van der Waals surface area contributed by atoms with Crippen molar-refractivity contribution < 1.29 is 9.66 Å². The number of hydrogen-bond donors (Lipinski definition) is 0. The number of hydrogen-bond acceptors (Lipinski definition) is 3. The largest absolute Gasteiger partial charge is 0.448 e. The van der Waals surface area contributed by atoms with Crippen molar-refractivity contribution in [2.24, 2.45) is 0 Å². The summed E-state index contributed by atoms with van der Waals surface area (Å²) in [6.07, 6.45) is 0. The molecule has 0 radical (unpaired) electrons. The quantitative estimate of drug-likeness (QED) is 0.374. The molecule has 0 aliphatic heterocycles. The lowest BCUT2D eigenvalue weighted by Crippen LogP contribution is -1.94. The predicted octanol–water partition coefficient (Wildman–Crippen LogP) is 6.09. The SMILES string of the molecule is O=[N+]([O-])c1cc(Cl)c(Cl)cc1Oc1ccc(CCl)cc1Cl. The second kappa shape index (κ2) is 6.71. The molecule has 4 nitrogen and oxygen atoms in total. The minimum atomic E-state index is -0.613. The van der Waals surface area contributed by atoms with Gasteiger partial charge in [0.1, 0.15) is 5.75 Å². The summed E-state index contributed by atoms with van der Waals surface area (Å²) in [6.45, 7) is 0. The van der Waals surface area contributed by atoms with Gasteiger partial charge in [0.2, 0.25) is 5.75 Å². The fourth-order valence-corrected chi connectivity index (χ4v) is 2.29. The van der Waals surface area contributed by atoms with Gasteiger partial charge in [-0.1, -0.05) is 40.9 Å². The van der Waals surface area contributed by atoms with E-state index in [1.54, 1.807) is 18.2 Å². The first-order valence-corrected chi connectivity index (χ1v) is 7.25. The Bertz CT molecular complexity index is 706. The van der Waals surface area contributed by atoms with Crippen LogP contribution in [0.1, 0.15) is 5.56 Å². The Hall–Kier alpha value is -1.20. The molecular formula is C13H7Cl4NO3. The lowest BCUT2D eigenvalue weighted by Gasteiger charge is -2.10.